The third-order valence-corrected chi connectivity index (χ3v) is 4.79. The highest BCUT2D eigenvalue weighted by atomic mass is 15.5. The maximum absolute atomic E-state index is 6.13. The van der Waals surface area contributed by atoms with Gasteiger partial charge in [-0.2, -0.15) is 15.0 Å². The first-order valence-electron chi connectivity index (χ1n) is 7.77. The zero-order chi connectivity index (χ0) is 14.2. The minimum Gasteiger partial charge on any atom is -0.328 e. The Balaban J connectivity index is 1.50. The van der Waals surface area contributed by atoms with Crippen LogP contribution in [-0.2, 0) is 6.54 Å². The zero-order valence-corrected chi connectivity index (χ0v) is 12.1. The standard InChI is InChI=1S/C16H21N5/c17-12-8-15-6-7-16(9-12)20(15)11-13-10-18-21(19-13)14-4-2-1-3-5-14/h1-5,10,12,15-16H,6-9,11,17H2. The van der Waals surface area contributed by atoms with Crippen molar-refractivity contribution < 1.29 is 0 Å². The molecule has 2 aromatic rings. The van der Waals surface area contributed by atoms with Crippen molar-refractivity contribution in [2.45, 2.75) is 50.4 Å². The molecule has 0 saturated carbocycles. The molecule has 2 unspecified atom stereocenters. The van der Waals surface area contributed by atoms with Crippen LogP contribution in [0.15, 0.2) is 36.5 Å². The van der Waals surface area contributed by atoms with Crippen LogP contribution in [0.4, 0.5) is 0 Å². The molecule has 0 spiro atoms. The molecule has 1 aromatic carbocycles. The fourth-order valence-corrected chi connectivity index (χ4v) is 3.81. The lowest BCUT2D eigenvalue weighted by Crippen LogP contribution is -2.46. The van der Waals surface area contributed by atoms with E-state index in [1.165, 1.54) is 12.8 Å². The van der Waals surface area contributed by atoms with E-state index in [2.05, 4.69) is 15.1 Å². The Morgan fingerprint density at radius 2 is 1.81 bits per heavy atom. The third kappa shape index (κ3) is 2.47. The summed E-state index contributed by atoms with van der Waals surface area (Å²) in [7, 11) is 0. The second-order valence-electron chi connectivity index (χ2n) is 6.25. The van der Waals surface area contributed by atoms with E-state index in [9.17, 15) is 0 Å². The predicted octanol–water partition coefficient (Wildman–Crippen LogP) is 1.72. The summed E-state index contributed by atoms with van der Waals surface area (Å²) in [5, 5.41) is 9.01. The lowest BCUT2D eigenvalue weighted by atomic mass is 9.98. The molecule has 2 atom stereocenters. The smallest absolute Gasteiger partial charge is 0.0972 e. The Morgan fingerprint density at radius 1 is 1.10 bits per heavy atom. The number of benzene rings is 1. The highest BCUT2D eigenvalue weighted by Crippen LogP contribution is 2.35. The molecule has 110 valence electrons. The summed E-state index contributed by atoms with van der Waals surface area (Å²) in [6, 6.07) is 11.7. The Labute approximate surface area is 124 Å². The summed E-state index contributed by atoms with van der Waals surface area (Å²) < 4.78 is 0. The van der Waals surface area contributed by atoms with Gasteiger partial charge in [0.25, 0.3) is 0 Å². The van der Waals surface area contributed by atoms with Gasteiger partial charge in [-0.25, -0.2) is 0 Å². The van der Waals surface area contributed by atoms with Crippen LogP contribution in [0, 0.1) is 0 Å². The molecule has 2 aliphatic rings. The van der Waals surface area contributed by atoms with Crippen LogP contribution >= 0.6 is 0 Å². The normalized spacial score (nSPS) is 28.9. The molecule has 5 nitrogen and oxygen atoms in total. The van der Waals surface area contributed by atoms with E-state index in [1.807, 2.05) is 36.5 Å². The summed E-state index contributed by atoms with van der Waals surface area (Å²) >= 11 is 0. The number of hydrogen-bond acceptors (Lipinski definition) is 4. The van der Waals surface area contributed by atoms with Gasteiger partial charge in [0.05, 0.1) is 17.6 Å². The average molecular weight is 283 g/mol. The van der Waals surface area contributed by atoms with Gasteiger partial charge >= 0.3 is 0 Å². The zero-order valence-electron chi connectivity index (χ0n) is 12.1. The predicted molar refractivity (Wildman–Crippen MR) is 80.9 cm³/mol. The second kappa shape index (κ2) is 5.24. The molecule has 3 heterocycles. The number of nitrogens with two attached hydrogens (primary N) is 1. The first kappa shape index (κ1) is 13.0. The van der Waals surface area contributed by atoms with Gasteiger partial charge in [-0.1, -0.05) is 18.2 Å². The number of rotatable bonds is 3. The van der Waals surface area contributed by atoms with Crippen molar-refractivity contribution in [2.75, 3.05) is 0 Å². The summed E-state index contributed by atoms with van der Waals surface area (Å²) in [5.41, 5.74) is 8.19. The van der Waals surface area contributed by atoms with Crippen LogP contribution in [0.2, 0.25) is 0 Å². The molecule has 5 heteroatoms. The molecule has 4 rings (SSSR count). The molecular weight excluding hydrogens is 262 g/mol. The van der Waals surface area contributed by atoms with E-state index in [0.29, 0.717) is 18.1 Å². The molecule has 1 aromatic heterocycles. The van der Waals surface area contributed by atoms with Crippen molar-refractivity contribution in [3.63, 3.8) is 0 Å². The molecule has 2 N–H and O–H groups in total. The van der Waals surface area contributed by atoms with Crippen molar-refractivity contribution in [2.24, 2.45) is 5.73 Å². The van der Waals surface area contributed by atoms with Crippen LogP contribution in [0.1, 0.15) is 31.4 Å². The number of nitrogens with zero attached hydrogens (tertiary/aromatic N) is 4. The third-order valence-electron chi connectivity index (χ3n) is 4.79. The van der Waals surface area contributed by atoms with Crippen LogP contribution in [0.25, 0.3) is 5.69 Å². The van der Waals surface area contributed by atoms with Gasteiger partial charge < -0.3 is 5.73 Å². The Morgan fingerprint density at radius 3 is 2.52 bits per heavy atom. The van der Waals surface area contributed by atoms with Crippen LogP contribution in [0.3, 0.4) is 0 Å². The largest absolute Gasteiger partial charge is 0.328 e. The topological polar surface area (TPSA) is 60.0 Å². The highest BCUT2D eigenvalue weighted by molar-refractivity contribution is 5.28. The first-order chi connectivity index (χ1) is 10.3. The lowest BCUT2D eigenvalue weighted by Gasteiger charge is -2.37. The van der Waals surface area contributed by atoms with Crippen molar-refractivity contribution >= 4 is 0 Å². The average Bonchev–Trinajstić information content (AvgIpc) is 3.05. The van der Waals surface area contributed by atoms with E-state index in [0.717, 1.165) is 30.8 Å². The summed E-state index contributed by atoms with van der Waals surface area (Å²) in [4.78, 5) is 4.30. The molecule has 2 fully saturated rings. The van der Waals surface area contributed by atoms with Gasteiger partial charge in [-0.3, -0.25) is 4.90 Å². The quantitative estimate of drug-likeness (QED) is 0.932. The summed E-state index contributed by atoms with van der Waals surface area (Å²) in [5.74, 6) is 0. The molecule has 0 amide bonds. The van der Waals surface area contributed by atoms with Crippen LogP contribution < -0.4 is 5.73 Å². The van der Waals surface area contributed by atoms with E-state index in [1.54, 1.807) is 4.80 Å². The molecule has 2 saturated heterocycles. The van der Waals surface area contributed by atoms with Crippen molar-refractivity contribution in [1.29, 1.82) is 0 Å². The van der Waals surface area contributed by atoms with Gasteiger partial charge in [0.15, 0.2) is 0 Å². The van der Waals surface area contributed by atoms with Gasteiger partial charge in [-0.05, 0) is 37.8 Å². The molecule has 0 aliphatic carbocycles. The molecule has 0 radical (unpaired) electrons. The van der Waals surface area contributed by atoms with E-state index in [-0.39, 0.29) is 0 Å². The summed E-state index contributed by atoms with van der Waals surface area (Å²) in [6.07, 6.45) is 6.71. The maximum Gasteiger partial charge on any atom is 0.0972 e. The second-order valence-corrected chi connectivity index (χ2v) is 6.25. The van der Waals surface area contributed by atoms with Crippen molar-refractivity contribution in [1.82, 2.24) is 19.9 Å². The number of para-hydroxylation sites is 1. The van der Waals surface area contributed by atoms with E-state index >= 15 is 0 Å². The maximum atomic E-state index is 6.13. The SMILES string of the molecule is NC1CC2CCC(C1)N2Cc1cnn(-c2ccccc2)n1. The van der Waals surface area contributed by atoms with Crippen molar-refractivity contribution in [3.8, 4) is 5.69 Å². The Bertz CT molecular complexity index is 594. The molecular formula is C16H21N5. The highest BCUT2D eigenvalue weighted by Gasteiger charge is 2.39. The first-order valence-corrected chi connectivity index (χ1v) is 7.77. The fraction of sp³-hybridized carbons (Fsp3) is 0.500. The van der Waals surface area contributed by atoms with Crippen molar-refractivity contribution in [3.05, 3.63) is 42.2 Å². The number of fused-ring (bicyclic) bond motifs is 2. The van der Waals surface area contributed by atoms with Crippen LogP contribution in [0.5, 0.6) is 0 Å². The molecule has 21 heavy (non-hydrogen) atoms. The lowest BCUT2D eigenvalue weighted by molar-refractivity contribution is 0.118. The minimum atomic E-state index is 0.388. The van der Waals surface area contributed by atoms with Gasteiger partial charge in [-0.15, -0.1) is 0 Å². The van der Waals surface area contributed by atoms with Gasteiger partial charge in [0.2, 0.25) is 0 Å². The molecule has 2 bridgehead atoms. The van der Waals surface area contributed by atoms with Gasteiger partial charge in [0.1, 0.15) is 0 Å². The number of aromatic nitrogens is 3. The van der Waals surface area contributed by atoms with E-state index in [4.69, 9.17) is 5.73 Å². The van der Waals surface area contributed by atoms with E-state index < -0.39 is 0 Å². The Hall–Kier alpha value is -1.72. The number of hydrogen-bond donors (Lipinski definition) is 1. The summed E-state index contributed by atoms with van der Waals surface area (Å²) in [6.45, 7) is 0.898. The number of piperidine rings is 1. The molecule has 2 aliphatic heterocycles. The van der Waals surface area contributed by atoms with Crippen LogP contribution in [-0.4, -0.2) is 38.0 Å². The fourth-order valence-electron chi connectivity index (χ4n) is 3.81. The monoisotopic (exact) mass is 283 g/mol. The minimum absolute atomic E-state index is 0.388. The van der Waals surface area contributed by atoms with Gasteiger partial charge in [0, 0.05) is 24.7 Å². The Kier molecular flexibility index (Phi) is 3.24.